The van der Waals surface area contributed by atoms with Crippen LogP contribution in [0.15, 0.2) is 24.3 Å². The molecule has 0 saturated carbocycles. The maximum Gasteiger partial charge on any atom is 0.00202 e. The molecule has 0 saturated heterocycles. The molecule has 0 bridgehead atoms. The summed E-state index contributed by atoms with van der Waals surface area (Å²) in [7, 11) is 0. The molecule has 0 aliphatic carbocycles. The molecular weight excluding hydrogens is 250 g/mol. The fourth-order valence-electron chi connectivity index (χ4n) is 2.25. The Labute approximate surface area is 123 Å². The van der Waals surface area contributed by atoms with E-state index in [1.54, 1.807) is 0 Å². The van der Waals surface area contributed by atoms with Crippen LogP contribution in [0.3, 0.4) is 0 Å². The molecular formula is C17H29NS. The van der Waals surface area contributed by atoms with Crippen molar-refractivity contribution < 1.29 is 0 Å². The number of nitrogens with one attached hydrogen (secondary N) is 1. The second kappa shape index (κ2) is 9.44. The highest BCUT2D eigenvalue weighted by Gasteiger charge is 2.11. The molecule has 1 atom stereocenters. The first-order chi connectivity index (χ1) is 9.13. The Bertz CT molecular complexity index is 332. The van der Waals surface area contributed by atoms with Crippen molar-refractivity contribution in [2.24, 2.45) is 5.92 Å². The van der Waals surface area contributed by atoms with Gasteiger partial charge in [0.1, 0.15) is 0 Å². The molecule has 0 aromatic heterocycles. The number of benzene rings is 1. The maximum absolute atomic E-state index is 3.62. The van der Waals surface area contributed by atoms with Gasteiger partial charge in [-0.15, -0.1) is 0 Å². The van der Waals surface area contributed by atoms with Crippen LogP contribution in [0.1, 0.15) is 43.7 Å². The standard InChI is InChI=1S/C17H29NS/c1-14(2)12-18-13-17(6-5-11-19-4)16-9-7-15(3)8-10-16/h7-10,14,17-18H,5-6,11-13H2,1-4H3. The SMILES string of the molecule is CSCCCC(CNCC(C)C)c1ccc(C)cc1. The van der Waals surface area contributed by atoms with Gasteiger partial charge in [0, 0.05) is 6.54 Å². The molecule has 19 heavy (non-hydrogen) atoms. The number of rotatable bonds is 9. The molecule has 1 N–H and O–H groups in total. The molecule has 0 aliphatic heterocycles. The summed E-state index contributed by atoms with van der Waals surface area (Å²) in [6, 6.07) is 9.07. The zero-order chi connectivity index (χ0) is 14.1. The van der Waals surface area contributed by atoms with Gasteiger partial charge in [-0.3, -0.25) is 0 Å². The molecule has 0 aliphatic rings. The van der Waals surface area contributed by atoms with Crippen molar-refractivity contribution in [1.29, 1.82) is 0 Å². The molecule has 2 heteroatoms. The van der Waals surface area contributed by atoms with Gasteiger partial charge in [-0.2, -0.15) is 11.8 Å². The van der Waals surface area contributed by atoms with Crippen LogP contribution >= 0.6 is 11.8 Å². The van der Waals surface area contributed by atoms with Crippen molar-refractivity contribution in [2.45, 2.75) is 39.5 Å². The molecule has 0 radical (unpaired) electrons. The summed E-state index contributed by atoms with van der Waals surface area (Å²) >= 11 is 1.95. The third kappa shape index (κ3) is 7.03. The van der Waals surface area contributed by atoms with E-state index in [2.05, 4.69) is 56.6 Å². The first kappa shape index (κ1) is 16.6. The molecule has 0 fully saturated rings. The Balaban J connectivity index is 2.54. The summed E-state index contributed by atoms with van der Waals surface area (Å²) in [5.74, 6) is 2.66. The van der Waals surface area contributed by atoms with Crippen LogP contribution in [-0.4, -0.2) is 25.1 Å². The van der Waals surface area contributed by atoms with E-state index >= 15 is 0 Å². The minimum absolute atomic E-state index is 0.659. The van der Waals surface area contributed by atoms with Gasteiger partial charge in [0.25, 0.3) is 0 Å². The lowest BCUT2D eigenvalue weighted by molar-refractivity contribution is 0.498. The van der Waals surface area contributed by atoms with E-state index in [0.29, 0.717) is 5.92 Å². The van der Waals surface area contributed by atoms with Gasteiger partial charge in [0.15, 0.2) is 0 Å². The van der Waals surface area contributed by atoms with Gasteiger partial charge < -0.3 is 5.32 Å². The van der Waals surface area contributed by atoms with E-state index in [0.717, 1.165) is 19.0 Å². The first-order valence-corrected chi connectivity index (χ1v) is 8.79. The number of aryl methyl sites for hydroxylation is 1. The lowest BCUT2D eigenvalue weighted by atomic mass is 9.93. The molecule has 1 unspecified atom stereocenters. The van der Waals surface area contributed by atoms with Crippen LogP contribution in [0.25, 0.3) is 0 Å². The molecule has 0 spiro atoms. The highest BCUT2D eigenvalue weighted by atomic mass is 32.2. The van der Waals surface area contributed by atoms with Gasteiger partial charge in [-0.1, -0.05) is 43.7 Å². The molecule has 1 rings (SSSR count). The summed E-state index contributed by atoms with van der Waals surface area (Å²) in [5, 5.41) is 3.62. The second-order valence-corrected chi connectivity index (χ2v) is 6.78. The van der Waals surface area contributed by atoms with Crippen molar-refractivity contribution >= 4 is 11.8 Å². The van der Waals surface area contributed by atoms with Crippen molar-refractivity contribution in [2.75, 3.05) is 25.1 Å². The van der Waals surface area contributed by atoms with Crippen molar-refractivity contribution in [1.82, 2.24) is 5.32 Å². The molecule has 1 aromatic rings. The highest BCUT2D eigenvalue weighted by Crippen LogP contribution is 2.22. The fourth-order valence-corrected chi connectivity index (χ4v) is 2.70. The third-order valence-electron chi connectivity index (χ3n) is 3.39. The summed E-state index contributed by atoms with van der Waals surface area (Å²) in [6.07, 6.45) is 4.79. The Morgan fingerprint density at radius 1 is 1.11 bits per heavy atom. The van der Waals surface area contributed by atoms with Gasteiger partial charge in [-0.25, -0.2) is 0 Å². The zero-order valence-electron chi connectivity index (χ0n) is 12.9. The summed E-state index contributed by atoms with van der Waals surface area (Å²) in [4.78, 5) is 0. The topological polar surface area (TPSA) is 12.0 Å². The van der Waals surface area contributed by atoms with Gasteiger partial charge >= 0.3 is 0 Å². The van der Waals surface area contributed by atoms with Crippen molar-refractivity contribution in [3.8, 4) is 0 Å². The summed E-state index contributed by atoms with van der Waals surface area (Å²) in [6.45, 7) is 8.91. The predicted molar refractivity (Wildman–Crippen MR) is 89.2 cm³/mol. The van der Waals surface area contributed by atoms with Crippen molar-refractivity contribution in [3.63, 3.8) is 0 Å². The number of hydrogen-bond acceptors (Lipinski definition) is 2. The quantitative estimate of drug-likeness (QED) is 0.669. The third-order valence-corrected chi connectivity index (χ3v) is 4.09. The van der Waals surface area contributed by atoms with Crippen molar-refractivity contribution in [3.05, 3.63) is 35.4 Å². The maximum atomic E-state index is 3.62. The van der Waals surface area contributed by atoms with Crippen LogP contribution in [0, 0.1) is 12.8 Å². The Morgan fingerprint density at radius 3 is 2.37 bits per heavy atom. The van der Waals surface area contributed by atoms with Crippen LogP contribution in [0.2, 0.25) is 0 Å². The van der Waals surface area contributed by atoms with Crippen LogP contribution in [0.5, 0.6) is 0 Å². The van der Waals surface area contributed by atoms with E-state index in [1.807, 2.05) is 11.8 Å². The molecule has 1 nitrogen and oxygen atoms in total. The number of thioether (sulfide) groups is 1. The van der Waals surface area contributed by atoms with E-state index in [4.69, 9.17) is 0 Å². The average molecular weight is 279 g/mol. The normalized spacial score (nSPS) is 12.9. The Morgan fingerprint density at radius 2 is 1.79 bits per heavy atom. The van der Waals surface area contributed by atoms with Gasteiger partial charge in [0.05, 0.1) is 0 Å². The van der Waals surface area contributed by atoms with Gasteiger partial charge in [0.2, 0.25) is 0 Å². The van der Waals surface area contributed by atoms with Crippen LogP contribution in [0.4, 0.5) is 0 Å². The van der Waals surface area contributed by atoms with Crippen LogP contribution < -0.4 is 5.32 Å². The zero-order valence-corrected chi connectivity index (χ0v) is 13.7. The van der Waals surface area contributed by atoms with Gasteiger partial charge in [-0.05, 0) is 55.7 Å². The highest BCUT2D eigenvalue weighted by molar-refractivity contribution is 7.98. The first-order valence-electron chi connectivity index (χ1n) is 7.39. The monoisotopic (exact) mass is 279 g/mol. The minimum Gasteiger partial charge on any atom is -0.316 e. The molecule has 0 amide bonds. The lowest BCUT2D eigenvalue weighted by Crippen LogP contribution is -2.25. The van der Waals surface area contributed by atoms with E-state index < -0.39 is 0 Å². The Hall–Kier alpha value is -0.470. The van der Waals surface area contributed by atoms with E-state index in [9.17, 15) is 0 Å². The smallest absolute Gasteiger partial charge is 0.00202 e. The van der Waals surface area contributed by atoms with E-state index in [1.165, 1.54) is 29.7 Å². The molecule has 0 heterocycles. The molecule has 1 aromatic carbocycles. The summed E-state index contributed by atoms with van der Waals surface area (Å²) in [5.41, 5.74) is 2.84. The average Bonchev–Trinajstić information content (AvgIpc) is 2.38. The fraction of sp³-hybridized carbons (Fsp3) is 0.647. The second-order valence-electron chi connectivity index (χ2n) is 5.79. The van der Waals surface area contributed by atoms with E-state index in [-0.39, 0.29) is 0 Å². The number of hydrogen-bond donors (Lipinski definition) is 1. The lowest BCUT2D eigenvalue weighted by Gasteiger charge is -2.19. The molecule has 108 valence electrons. The van der Waals surface area contributed by atoms with Crippen LogP contribution in [-0.2, 0) is 0 Å². The summed E-state index contributed by atoms with van der Waals surface area (Å²) < 4.78 is 0. The largest absolute Gasteiger partial charge is 0.316 e. The minimum atomic E-state index is 0.659. The Kier molecular flexibility index (Phi) is 8.24. The predicted octanol–water partition coefficient (Wildman–Crippen LogP) is 4.47.